The van der Waals surface area contributed by atoms with E-state index in [0.717, 1.165) is 16.8 Å². The highest BCUT2D eigenvalue weighted by atomic mass is 16.5. The molecule has 2 aromatic carbocycles. The molecule has 0 aliphatic carbocycles. The van der Waals surface area contributed by atoms with Crippen LogP contribution in [0.4, 0.5) is 0 Å². The van der Waals surface area contributed by atoms with Gasteiger partial charge in [-0.3, -0.25) is 4.79 Å². The quantitative estimate of drug-likeness (QED) is 0.581. The maximum Gasteiger partial charge on any atom is 0.244 e. The first-order valence-corrected chi connectivity index (χ1v) is 9.35. The standard InChI is InChI=1S/C23H22N4O3/c1-17(19-4-3-5-20(15-19)27-12-11-25-16-27)26-23(28)9-7-18-6-8-21(30-13-10-24)22(14-18)29-2/h3-9,11-12,14-17H,13H2,1-2H3,(H,26,28)/b9-7-/t17-/m0/s1. The minimum Gasteiger partial charge on any atom is -0.493 e. The van der Waals surface area contributed by atoms with Crippen LogP contribution in [0.3, 0.4) is 0 Å². The largest absolute Gasteiger partial charge is 0.493 e. The highest BCUT2D eigenvalue weighted by molar-refractivity contribution is 5.92. The number of amides is 1. The maximum atomic E-state index is 12.4. The molecule has 0 radical (unpaired) electrons. The number of benzene rings is 2. The fourth-order valence-corrected chi connectivity index (χ4v) is 2.90. The number of carbonyl (C=O) groups is 1. The zero-order chi connectivity index (χ0) is 21.3. The van der Waals surface area contributed by atoms with Crippen LogP contribution in [-0.2, 0) is 4.79 Å². The molecule has 7 heteroatoms. The first kappa shape index (κ1) is 20.7. The number of ether oxygens (including phenoxy) is 2. The minimum atomic E-state index is -0.209. The molecule has 0 fully saturated rings. The number of carbonyl (C=O) groups excluding carboxylic acids is 1. The Labute approximate surface area is 175 Å². The van der Waals surface area contributed by atoms with Crippen LogP contribution in [0, 0.1) is 11.3 Å². The second kappa shape index (κ2) is 9.94. The molecule has 1 heterocycles. The summed E-state index contributed by atoms with van der Waals surface area (Å²) in [6, 6.07) is 14.9. The number of hydrogen-bond donors (Lipinski definition) is 1. The first-order chi connectivity index (χ1) is 14.6. The topological polar surface area (TPSA) is 89.2 Å². The summed E-state index contributed by atoms with van der Waals surface area (Å²) in [6.45, 7) is 1.87. The zero-order valence-corrected chi connectivity index (χ0v) is 16.8. The van der Waals surface area contributed by atoms with Crippen LogP contribution in [0.5, 0.6) is 11.5 Å². The summed E-state index contributed by atoms with van der Waals surface area (Å²) in [5.74, 6) is 0.767. The van der Waals surface area contributed by atoms with E-state index in [1.54, 1.807) is 36.8 Å². The number of rotatable bonds is 8. The lowest BCUT2D eigenvalue weighted by Gasteiger charge is -2.14. The summed E-state index contributed by atoms with van der Waals surface area (Å²) in [7, 11) is 1.52. The Bertz CT molecular complexity index is 1070. The van der Waals surface area contributed by atoms with Gasteiger partial charge >= 0.3 is 0 Å². The van der Waals surface area contributed by atoms with Crippen LogP contribution < -0.4 is 14.8 Å². The second-order valence-electron chi connectivity index (χ2n) is 6.49. The summed E-state index contributed by atoms with van der Waals surface area (Å²) in [4.78, 5) is 16.4. The lowest BCUT2D eigenvalue weighted by Crippen LogP contribution is -2.24. The molecular formula is C23H22N4O3. The number of methoxy groups -OCH3 is 1. The van der Waals surface area contributed by atoms with Crippen LogP contribution >= 0.6 is 0 Å². The van der Waals surface area contributed by atoms with Crippen molar-refractivity contribution in [1.82, 2.24) is 14.9 Å². The molecule has 0 saturated heterocycles. The van der Waals surface area contributed by atoms with Crippen molar-refractivity contribution in [3.8, 4) is 23.3 Å². The van der Waals surface area contributed by atoms with Gasteiger partial charge in [0, 0.05) is 24.2 Å². The van der Waals surface area contributed by atoms with Crippen LogP contribution in [0.1, 0.15) is 24.1 Å². The molecule has 1 aromatic heterocycles. The highest BCUT2D eigenvalue weighted by Crippen LogP contribution is 2.28. The van der Waals surface area contributed by atoms with E-state index in [4.69, 9.17) is 14.7 Å². The van der Waals surface area contributed by atoms with Gasteiger partial charge in [-0.15, -0.1) is 0 Å². The number of nitrogens with one attached hydrogen (secondary N) is 1. The Morgan fingerprint density at radius 3 is 2.90 bits per heavy atom. The number of nitriles is 1. The second-order valence-corrected chi connectivity index (χ2v) is 6.49. The average Bonchev–Trinajstić information content (AvgIpc) is 3.31. The van der Waals surface area contributed by atoms with Crippen molar-refractivity contribution < 1.29 is 14.3 Å². The summed E-state index contributed by atoms with van der Waals surface area (Å²) in [5, 5.41) is 11.6. The Hall–Kier alpha value is -4.05. The molecule has 0 unspecified atom stereocenters. The Morgan fingerprint density at radius 2 is 2.17 bits per heavy atom. The van der Waals surface area contributed by atoms with Gasteiger partial charge in [-0.2, -0.15) is 5.26 Å². The van der Waals surface area contributed by atoms with E-state index < -0.39 is 0 Å². The summed E-state index contributed by atoms with van der Waals surface area (Å²) < 4.78 is 12.5. The molecular weight excluding hydrogens is 380 g/mol. The Balaban J connectivity index is 1.64. The Kier molecular flexibility index (Phi) is 6.85. The number of aromatic nitrogens is 2. The van der Waals surface area contributed by atoms with Gasteiger partial charge in [-0.25, -0.2) is 4.98 Å². The predicted octanol–water partition coefficient (Wildman–Crippen LogP) is 3.67. The molecule has 3 rings (SSSR count). The van der Waals surface area contributed by atoms with Gasteiger partial charge in [0.25, 0.3) is 0 Å². The molecule has 0 aliphatic heterocycles. The third-order valence-electron chi connectivity index (χ3n) is 4.44. The fraction of sp³-hybridized carbons (Fsp3) is 0.174. The smallest absolute Gasteiger partial charge is 0.244 e. The van der Waals surface area contributed by atoms with Crippen molar-refractivity contribution in [3.05, 3.63) is 78.4 Å². The summed E-state index contributed by atoms with van der Waals surface area (Å²) in [5.41, 5.74) is 2.75. The van der Waals surface area contributed by atoms with Gasteiger partial charge in [0.1, 0.15) is 6.07 Å². The van der Waals surface area contributed by atoms with Gasteiger partial charge < -0.3 is 19.4 Å². The number of hydrogen-bond acceptors (Lipinski definition) is 5. The molecule has 0 spiro atoms. The lowest BCUT2D eigenvalue weighted by molar-refractivity contribution is -0.117. The van der Waals surface area contributed by atoms with E-state index in [9.17, 15) is 4.79 Å². The molecule has 0 aliphatic rings. The van der Waals surface area contributed by atoms with Gasteiger partial charge in [-0.1, -0.05) is 18.2 Å². The van der Waals surface area contributed by atoms with E-state index in [0.29, 0.717) is 11.5 Å². The van der Waals surface area contributed by atoms with Gasteiger partial charge in [0.15, 0.2) is 18.1 Å². The predicted molar refractivity (Wildman–Crippen MR) is 113 cm³/mol. The normalized spacial score (nSPS) is 11.6. The first-order valence-electron chi connectivity index (χ1n) is 9.35. The van der Waals surface area contributed by atoms with E-state index in [1.807, 2.05) is 48.0 Å². The van der Waals surface area contributed by atoms with Crippen molar-refractivity contribution >= 4 is 12.0 Å². The van der Waals surface area contributed by atoms with Crippen LogP contribution in [0.25, 0.3) is 11.8 Å². The molecule has 1 amide bonds. The molecule has 3 aromatic rings. The zero-order valence-electron chi connectivity index (χ0n) is 16.8. The summed E-state index contributed by atoms with van der Waals surface area (Å²) >= 11 is 0. The lowest BCUT2D eigenvalue weighted by atomic mass is 10.1. The molecule has 0 bridgehead atoms. The maximum absolute atomic E-state index is 12.4. The monoisotopic (exact) mass is 402 g/mol. The number of nitrogens with zero attached hydrogens (tertiary/aromatic N) is 3. The van der Waals surface area contributed by atoms with Crippen LogP contribution in [0.15, 0.2) is 67.3 Å². The van der Waals surface area contributed by atoms with Crippen molar-refractivity contribution in [2.75, 3.05) is 13.7 Å². The highest BCUT2D eigenvalue weighted by Gasteiger charge is 2.09. The van der Waals surface area contributed by atoms with Crippen molar-refractivity contribution in [2.24, 2.45) is 0 Å². The van der Waals surface area contributed by atoms with E-state index in [-0.39, 0.29) is 18.6 Å². The number of imidazole rings is 1. The van der Waals surface area contributed by atoms with Crippen LogP contribution in [-0.4, -0.2) is 29.2 Å². The van der Waals surface area contributed by atoms with Gasteiger partial charge in [-0.05, 0) is 48.4 Å². The molecule has 1 N–H and O–H groups in total. The molecule has 7 nitrogen and oxygen atoms in total. The fourth-order valence-electron chi connectivity index (χ4n) is 2.90. The summed E-state index contributed by atoms with van der Waals surface area (Å²) in [6.07, 6.45) is 8.49. The van der Waals surface area contributed by atoms with Crippen LogP contribution in [0.2, 0.25) is 0 Å². The van der Waals surface area contributed by atoms with Gasteiger partial charge in [0.05, 0.1) is 19.5 Å². The molecule has 0 saturated carbocycles. The van der Waals surface area contributed by atoms with Crippen molar-refractivity contribution in [1.29, 1.82) is 5.26 Å². The minimum absolute atomic E-state index is 0.0616. The molecule has 30 heavy (non-hydrogen) atoms. The molecule has 152 valence electrons. The third-order valence-corrected chi connectivity index (χ3v) is 4.44. The average molecular weight is 402 g/mol. The molecule has 1 atom stereocenters. The van der Waals surface area contributed by atoms with Crippen molar-refractivity contribution in [2.45, 2.75) is 13.0 Å². The Morgan fingerprint density at radius 1 is 1.30 bits per heavy atom. The van der Waals surface area contributed by atoms with Crippen molar-refractivity contribution in [3.63, 3.8) is 0 Å². The SMILES string of the molecule is COc1cc(/C=C\C(=O)N[C@@H](C)c2cccc(-n3ccnc3)c2)ccc1OCC#N. The van der Waals surface area contributed by atoms with E-state index >= 15 is 0 Å². The van der Waals surface area contributed by atoms with Gasteiger partial charge in [0.2, 0.25) is 5.91 Å². The van der Waals surface area contributed by atoms with E-state index in [1.165, 1.54) is 13.2 Å². The third kappa shape index (κ3) is 5.26. The van der Waals surface area contributed by atoms with E-state index in [2.05, 4.69) is 10.3 Å².